The van der Waals surface area contributed by atoms with Crippen LogP contribution in [-0.2, 0) is 6.54 Å². The van der Waals surface area contributed by atoms with E-state index < -0.39 is 12.7 Å². The van der Waals surface area contributed by atoms with Gasteiger partial charge in [0.25, 0.3) is 0 Å². The van der Waals surface area contributed by atoms with Gasteiger partial charge in [-0.15, -0.1) is 0 Å². The van der Waals surface area contributed by atoms with Crippen molar-refractivity contribution in [2.45, 2.75) is 25.2 Å². The number of hydrogen-bond acceptors (Lipinski definition) is 2. The highest BCUT2D eigenvalue weighted by molar-refractivity contribution is 5.80. The zero-order chi connectivity index (χ0) is 16.9. The molecular formula is C16H23F3N4. The number of nitrogens with one attached hydrogen (secondary N) is 1. The smallest absolute Gasteiger partial charge is 0.352 e. The molecule has 0 bridgehead atoms. The summed E-state index contributed by atoms with van der Waals surface area (Å²) in [6.07, 6.45) is -3.45. The molecule has 1 unspecified atom stereocenters. The lowest BCUT2D eigenvalue weighted by molar-refractivity contribution is -0.143. The van der Waals surface area contributed by atoms with Crippen molar-refractivity contribution >= 4 is 5.96 Å². The number of likely N-dealkylation sites (tertiary alicyclic amines) is 1. The first-order chi connectivity index (χ1) is 10.9. The van der Waals surface area contributed by atoms with Gasteiger partial charge in [0.15, 0.2) is 5.96 Å². The number of benzene rings is 1. The lowest BCUT2D eigenvalue weighted by Gasteiger charge is -2.25. The van der Waals surface area contributed by atoms with Crippen LogP contribution in [0.4, 0.5) is 13.2 Å². The molecule has 1 aliphatic heterocycles. The summed E-state index contributed by atoms with van der Waals surface area (Å²) in [7, 11) is 3.61. The predicted molar refractivity (Wildman–Crippen MR) is 85.3 cm³/mol. The second-order valence-electron chi connectivity index (χ2n) is 5.87. The van der Waals surface area contributed by atoms with Gasteiger partial charge in [-0.05, 0) is 12.0 Å². The number of guanidine groups is 1. The topological polar surface area (TPSA) is 30.9 Å². The molecule has 0 aromatic heterocycles. The Balaban J connectivity index is 1.85. The highest BCUT2D eigenvalue weighted by atomic mass is 19.4. The first-order valence-corrected chi connectivity index (χ1v) is 7.65. The fraction of sp³-hybridized carbons (Fsp3) is 0.562. The lowest BCUT2D eigenvalue weighted by Crippen LogP contribution is -2.45. The third-order valence-corrected chi connectivity index (χ3v) is 3.84. The molecular weight excluding hydrogens is 305 g/mol. The number of nitrogens with zero attached hydrogens (tertiary/aromatic N) is 3. The molecule has 1 aromatic rings. The van der Waals surface area contributed by atoms with Crippen molar-refractivity contribution in [1.82, 2.24) is 15.1 Å². The molecule has 0 spiro atoms. The van der Waals surface area contributed by atoms with Crippen molar-refractivity contribution in [3.8, 4) is 0 Å². The van der Waals surface area contributed by atoms with Crippen LogP contribution in [0.3, 0.4) is 0 Å². The number of hydrogen-bond donors (Lipinski definition) is 1. The van der Waals surface area contributed by atoms with Gasteiger partial charge >= 0.3 is 6.18 Å². The van der Waals surface area contributed by atoms with Crippen LogP contribution in [0.15, 0.2) is 35.3 Å². The van der Waals surface area contributed by atoms with E-state index in [1.54, 1.807) is 7.05 Å². The monoisotopic (exact) mass is 328 g/mol. The Labute approximate surface area is 135 Å². The molecule has 128 valence electrons. The summed E-state index contributed by atoms with van der Waals surface area (Å²) in [5.41, 5.74) is 1.16. The van der Waals surface area contributed by atoms with Crippen molar-refractivity contribution in [2.24, 2.45) is 4.99 Å². The summed E-state index contributed by atoms with van der Waals surface area (Å²) in [5.74, 6) is 0.702. The van der Waals surface area contributed by atoms with E-state index in [1.807, 2.05) is 42.3 Å². The van der Waals surface area contributed by atoms with Gasteiger partial charge in [0.05, 0.1) is 6.54 Å². The largest absolute Gasteiger partial charge is 0.401 e. The fourth-order valence-electron chi connectivity index (χ4n) is 2.81. The molecule has 0 aliphatic carbocycles. The average Bonchev–Trinajstić information content (AvgIpc) is 2.90. The van der Waals surface area contributed by atoms with Crippen LogP contribution in [0.25, 0.3) is 0 Å². The van der Waals surface area contributed by atoms with E-state index >= 15 is 0 Å². The third-order valence-electron chi connectivity index (χ3n) is 3.84. The molecule has 1 fully saturated rings. The predicted octanol–water partition coefficient (Wildman–Crippen LogP) is 2.33. The Morgan fingerprint density at radius 1 is 1.35 bits per heavy atom. The van der Waals surface area contributed by atoms with Gasteiger partial charge < -0.3 is 10.2 Å². The van der Waals surface area contributed by atoms with Crippen molar-refractivity contribution in [2.75, 3.05) is 33.7 Å². The van der Waals surface area contributed by atoms with Crippen LogP contribution in [0.2, 0.25) is 0 Å². The number of rotatable bonds is 4. The average molecular weight is 328 g/mol. The molecule has 0 amide bonds. The molecule has 1 aliphatic rings. The Kier molecular flexibility index (Phi) is 5.87. The summed E-state index contributed by atoms with van der Waals surface area (Å²) in [6, 6.07) is 9.98. The first-order valence-electron chi connectivity index (χ1n) is 7.65. The molecule has 0 saturated carbocycles. The van der Waals surface area contributed by atoms with E-state index in [9.17, 15) is 13.2 Å². The molecule has 4 nitrogen and oxygen atoms in total. The van der Waals surface area contributed by atoms with Gasteiger partial charge in [-0.1, -0.05) is 30.3 Å². The van der Waals surface area contributed by atoms with E-state index in [0.29, 0.717) is 32.0 Å². The summed E-state index contributed by atoms with van der Waals surface area (Å²) < 4.78 is 37.3. The Hall–Kier alpha value is -1.76. The molecule has 0 radical (unpaired) electrons. The van der Waals surface area contributed by atoms with Crippen LogP contribution < -0.4 is 5.32 Å². The summed E-state index contributed by atoms with van der Waals surface area (Å²) in [6.45, 7) is 0.692. The second kappa shape index (κ2) is 7.68. The van der Waals surface area contributed by atoms with Crippen molar-refractivity contribution in [1.29, 1.82) is 0 Å². The zero-order valence-electron chi connectivity index (χ0n) is 13.5. The maximum absolute atomic E-state index is 12.4. The van der Waals surface area contributed by atoms with E-state index in [1.165, 1.54) is 4.90 Å². The molecule has 1 saturated heterocycles. The zero-order valence-corrected chi connectivity index (χ0v) is 13.5. The molecule has 1 aromatic carbocycles. The number of aliphatic imine (C=N–C) groups is 1. The summed E-state index contributed by atoms with van der Waals surface area (Å²) >= 11 is 0. The van der Waals surface area contributed by atoms with Crippen LogP contribution in [0, 0.1) is 0 Å². The van der Waals surface area contributed by atoms with E-state index in [0.717, 1.165) is 5.56 Å². The van der Waals surface area contributed by atoms with E-state index in [-0.39, 0.29) is 6.04 Å². The standard InChI is InChI=1S/C16H23F3N4/c1-20-15(22(2)10-13-6-4-3-5-7-13)21-14-8-9-23(11-14)12-16(17,18)19/h3-7,14H,8-12H2,1-2H3,(H,20,21). The third kappa shape index (κ3) is 5.74. The first kappa shape index (κ1) is 17.6. The molecule has 2 rings (SSSR count). The van der Waals surface area contributed by atoms with Crippen LogP contribution in [-0.4, -0.2) is 61.7 Å². The lowest BCUT2D eigenvalue weighted by atomic mass is 10.2. The van der Waals surface area contributed by atoms with Gasteiger partial charge in [0.1, 0.15) is 0 Å². The highest BCUT2D eigenvalue weighted by Gasteiger charge is 2.34. The van der Waals surface area contributed by atoms with Gasteiger partial charge in [0.2, 0.25) is 0 Å². The van der Waals surface area contributed by atoms with E-state index in [2.05, 4.69) is 10.3 Å². The molecule has 1 N–H and O–H groups in total. The van der Waals surface area contributed by atoms with Crippen LogP contribution >= 0.6 is 0 Å². The molecule has 7 heteroatoms. The highest BCUT2D eigenvalue weighted by Crippen LogP contribution is 2.20. The minimum atomic E-state index is -4.14. The van der Waals surface area contributed by atoms with E-state index in [4.69, 9.17) is 0 Å². The van der Waals surface area contributed by atoms with Crippen LogP contribution in [0.5, 0.6) is 0 Å². The number of halogens is 3. The van der Waals surface area contributed by atoms with Gasteiger partial charge in [-0.3, -0.25) is 9.89 Å². The summed E-state index contributed by atoms with van der Waals surface area (Å²) in [5, 5.41) is 3.27. The maximum atomic E-state index is 12.4. The normalized spacial score (nSPS) is 19.9. The van der Waals surface area contributed by atoms with Gasteiger partial charge in [0, 0.05) is 39.8 Å². The van der Waals surface area contributed by atoms with Crippen LogP contribution in [0.1, 0.15) is 12.0 Å². The minimum absolute atomic E-state index is 0.00530. The Morgan fingerprint density at radius 2 is 2.04 bits per heavy atom. The Bertz CT molecular complexity index is 516. The molecule has 1 heterocycles. The Morgan fingerprint density at radius 3 is 2.65 bits per heavy atom. The van der Waals surface area contributed by atoms with Crippen molar-refractivity contribution in [3.63, 3.8) is 0 Å². The van der Waals surface area contributed by atoms with Gasteiger partial charge in [-0.2, -0.15) is 13.2 Å². The SMILES string of the molecule is CN=C(NC1CCN(CC(F)(F)F)C1)N(C)Cc1ccccc1. The van der Waals surface area contributed by atoms with Crippen molar-refractivity contribution in [3.05, 3.63) is 35.9 Å². The summed E-state index contributed by atoms with van der Waals surface area (Å²) in [4.78, 5) is 7.64. The van der Waals surface area contributed by atoms with Gasteiger partial charge in [-0.25, -0.2) is 0 Å². The van der Waals surface area contributed by atoms with Crippen molar-refractivity contribution < 1.29 is 13.2 Å². The maximum Gasteiger partial charge on any atom is 0.401 e. The molecule has 1 atom stereocenters. The number of alkyl halides is 3. The second-order valence-corrected chi connectivity index (χ2v) is 5.87. The quantitative estimate of drug-likeness (QED) is 0.680. The minimum Gasteiger partial charge on any atom is -0.352 e. The molecule has 23 heavy (non-hydrogen) atoms. The fourth-order valence-corrected chi connectivity index (χ4v) is 2.81.